The zero-order chi connectivity index (χ0) is 13.8. The van der Waals surface area contributed by atoms with E-state index < -0.39 is 5.91 Å². The molecular formula is C13H11N5O. The summed E-state index contributed by atoms with van der Waals surface area (Å²) in [5.74, 6) is -0.145. The lowest BCUT2D eigenvalue weighted by Gasteiger charge is -2.06. The van der Waals surface area contributed by atoms with E-state index in [1.54, 1.807) is 37.3 Å². The van der Waals surface area contributed by atoms with Crippen LogP contribution < -0.4 is 11.1 Å². The van der Waals surface area contributed by atoms with Gasteiger partial charge in [0.1, 0.15) is 11.8 Å². The summed E-state index contributed by atoms with van der Waals surface area (Å²) in [6.45, 7) is 1.78. The fourth-order valence-electron chi connectivity index (χ4n) is 1.53. The number of nitrogens with two attached hydrogens (primary N) is 1. The van der Waals surface area contributed by atoms with E-state index in [0.717, 1.165) is 0 Å². The van der Waals surface area contributed by atoms with Gasteiger partial charge in [0.2, 0.25) is 11.9 Å². The van der Waals surface area contributed by atoms with Gasteiger partial charge in [0, 0.05) is 16.9 Å². The Morgan fingerprint density at radius 3 is 2.58 bits per heavy atom. The zero-order valence-corrected chi connectivity index (χ0v) is 10.2. The summed E-state index contributed by atoms with van der Waals surface area (Å²) in [4.78, 5) is 19.1. The summed E-state index contributed by atoms with van der Waals surface area (Å²) in [5.41, 5.74) is 7.28. The van der Waals surface area contributed by atoms with Crippen LogP contribution in [0.15, 0.2) is 30.3 Å². The van der Waals surface area contributed by atoms with Crippen LogP contribution in [-0.4, -0.2) is 15.9 Å². The lowest BCUT2D eigenvalue weighted by Crippen LogP contribution is -2.10. The van der Waals surface area contributed by atoms with E-state index in [0.29, 0.717) is 28.6 Å². The van der Waals surface area contributed by atoms with Crippen molar-refractivity contribution >= 4 is 17.5 Å². The van der Waals surface area contributed by atoms with Gasteiger partial charge in [-0.3, -0.25) is 4.79 Å². The summed E-state index contributed by atoms with van der Waals surface area (Å²) in [6, 6.07) is 10.2. The number of amides is 1. The molecule has 0 aliphatic heterocycles. The summed E-state index contributed by atoms with van der Waals surface area (Å²) in [5, 5.41) is 11.8. The largest absolute Gasteiger partial charge is 0.366 e. The van der Waals surface area contributed by atoms with Crippen molar-refractivity contribution in [3.05, 3.63) is 47.3 Å². The number of primary amides is 1. The zero-order valence-electron chi connectivity index (χ0n) is 10.2. The number of nitrogens with zero attached hydrogens (tertiary/aromatic N) is 3. The van der Waals surface area contributed by atoms with Crippen LogP contribution in [0, 0.1) is 18.3 Å². The number of aromatic nitrogens is 2. The molecule has 0 aliphatic rings. The molecule has 0 fully saturated rings. The monoisotopic (exact) mass is 253 g/mol. The molecule has 19 heavy (non-hydrogen) atoms. The highest BCUT2D eigenvalue weighted by Gasteiger charge is 2.03. The van der Waals surface area contributed by atoms with Crippen LogP contribution in [0.5, 0.6) is 0 Å². The number of benzene rings is 1. The number of carbonyl (C=O) groups is 1. The molecule has 94 valence electrons. The molecule has 1 heterocycles. The highest BCUT2D eigenvalue weighted by molar-refractivity contribution is 5.93. The van der Waals surface area contributed by atoms with E-state index in [2.05, 4.69) is 15.3 Å². The molecule has 3 N–H and O–H groups in total. The first-order valence-corrected chi connectivity index (χ1v) is 5.51. The van der Waals surface area contributed by atoms with E-state index in [1.807, 2.05) is 6.07 Å². The molecule has 0 aliphatic carbocycles. The second kappa shape index (κ2) is 5.14. The fourth-order valence-corrected chi connectivity index (χ4v) is 1.53. The summed E-state index contributed by atoms with van der Waals surface area (Å²) in [7, 11) is 0. The third kappa shape index (κ3) is 3.04. The first kappa shape index (κ1) is 12.5. The van der Waals surface area contributed by atoms with Gasteiger partial charge in [-0.2, -0.15) is 5.26 Å². The summed E-state index contributed by atoms with van der Waals surface area (Å²) >= 11 is 0. The van der Waals surface area contributed by atoms with Gasteiger partial charge in [0.05, 0.1) is 0 Å². The summed E-state index contributed by atoms with van der Waals surface area (Å²) < 4.78 is 0. The first-order chi connectivity index (χ1) is 9.08. The van der Waals surface area contributed by atoms with Gasteiger partial charge >= 0.3 is 0 Å². The maximum Gasteiger partial charge on any atom is 0.248 e. The van der Waals surface area contributed by atoms with Crippen LogP contribution >= 0.6 is 0 Å². The Labute approximate surface area is 109 Å². The third-order valence-corrected chi connectivity index (χ3v) is 2.39. The van der Waals surface area contributed by atoms with Gasteiger partial charge in [0.25, 0.3) is 0 Å². The van der Waals surface area contributed by atoms with Gasteiger partial charge < -0.3 is 11.1 Å². The fraction of sp³-hybridized carbons (Fsp3) is 0.0769. The quantitative estimate of drug-likeness (QED) is 0.862. The Morgan fingerprint density at radius 2 is 2.00 bits per heavy atom. The predicted octanol–water partition coefficient (Wildman–Crippen LogP) is 1.50. The smallest absolute Gasteiger partial charge is 0.248 e. The molecule has 6 heteroatoms. The molecule has 1 aromatic carbocycles. The number of aryl methyl sites for hydroxylation is 1. The van der Waals surface area contributed by atoms with E-state index in [9.17, 15) is 4.79 Å². The van der Waals surface area contributed by atoms with Gasteiger partial charge in [-0.05, 0) is 37.3 Å². The molecule has 0 bridgehead atoms. The second-order valence-electron chi connectivity index (χ2n) is 3.90. The van der Waals surface area contributed by atoms with Crippen molar-refractivity contribution in [2.24, 2.45) is 5.73 Å². The van der Waals surface area contributed by atoms with Crippen LogP contribution in [0.4, 0.5) is 11.6 Å². The van der Waals surface area contributed by atoms with E-state index >= 15 is 0 Å². The molecule has 0 unspecified atom stereocenters. The van der Waals surface area contributed by atoms with Crippen molar-refractivity contribution in [2.75, 3.05) is 5.32 Å². The first-order valence-electron chi connectivity index (χ1n) is 5.51. The Balaban J connectivity index is 2.24. The number of carbonyl (C=O) groups excluding carboxylic acids is 1. The maximum atomic E-state index is 10.9. The van der Waals surface area contributed by atoms with Crippen molar-refractivity contribution in [2.45, 2.75) is 6.92 Å². The maximum absolute atomic E-state index is 10.9. The number of rotatable bonds is 3. The lowest BCUT2D eigenvalue weighted by atomic mass is 10.2. The number of nitriles is 1. The van der Waals surface area contributed by atoms with Crippen LogP contribution in [-0.2, 0) is 0 Å². The number of nitrogens with one attached hydrogen (secondary N) is 1. The van der Waals surface area contributed by atoms with E-state index in [4.69, 9.17) is 11.0 Å². The molecule has 1 amide bonds. The highest BCUT2D eigenvalue weighted by Crippen LogP contribution is 2.14. The number of anilines is 2. The highest BCUT2D eigenvalue weighted by atomic mass is 16.1. The number of hydrogen-bond acceptors (Lipinski definition) is 5. The van der Waals surface area contributed by atoms with Gasteiger partial charge in [-0.25, -0.2) is 9.97 Å². The van der Waals surface area contributed by atoms with Crippen LogP contribution in [0.2, 0.25) is 0 Å². The SMILES string of the molecule is Cc1cc(C#N)nc(Nc2ccc(C(N)=O)cc2)n1. The minimum Gasteiger partial charge on any atom is -0.366 e. The molecule has 2 aromatic rings. The van der Waals surface area contributed by atoms with Crippen molar-refractivity contribution in [3.63, 3.8) is 0 Å². The average molecular weight is 253 g/mol. The van der Waals surface area contributed by atoms with Crippen LogP contribution in [0.25, 0.3) is 0 Å². The molecule has 1 aromatic heterocycles. The second-order valence-corrected chi connectivity index (χ2v) is 3.90. The third-order valence-electron chi connectivity index (χ3n) is 2.39. The Kier molecular flexibility index (Phi) is 3.39. The standard InChI is InChI=1S/C13H11N5O/c1-8-6-11(7-14)18-13(16-8)17-10-4-2-9(3-5-10)12(15)19/h2-6H,1H3,(H2,15,19)(H,16,17,18). The molecule has 0 saturated heterocycles. The molecule has 0 radical (unpaired) electrons. The molecule has 0 atom stereocenters. The molecule has 6 nitrogen and oxygen atoms in total. The Bertz CT molecular complexity index is 658. The lowest BCUT2D eigenvalue weighted by molar-refractivity contribution is 0.100. The van der Waals surface area contributed by atoms with Crippen molar-refractivity contribution in [3.8, 4) is 6.07 Å². The number of hydrogen-bond donors (Lipinski definition) is 2. The van der Waals surface area contributed by atoms with Gasteiger partial charge in [0.15, 0.2) is 0 Å². The summed E-state index contributed by atoms with van der Waals surface area (Å²) in [6.07, 6.45) is 0. The van der Waals surface area contributed by atoms with Crippen molar-refractivity contribution in [1.82, 2.24) is 9.97 Å². The molecule has 0 spiro atoms. The minimum atomic E-state index is -0.481. The van der Waals surface area contributed by atoms with Crippen LogP contribution in [0.3, 0.4) is 0 Å². The predicted molar refractivity (Wildman–Crippen MR) is 69.7 cm³/mol. The Hall–Kier alpha value is -2.94. The topological polar surface area (TPSA) is 105 Å². The average Bonchev–Trinajstić information content (AvgIpc) is 2.38. The van der Waals surface area contributed by atoms with Crippen LogP contribution in [0.1, 0.15) is 21.7 Å². The Morgan fingerprint density at radius 1 is 1.32 bits per heavy atom. The molecule has 2 rings (SSSR count). The minimum absolute atomic E-state index is 0.295. The normalized spacial score (nSPS) is 9.68. The van der Waals surface area contributed by atoms with Crippen molar-refractivity contribution < 1.29 is 4.79 Å². The molecular weight excluding hydrogens is 242 g/mol. The van der Waals surface area contributed by atoms with Crippen molar-refractivity contribution in [1.29, 1.82) is 5.26 Å². The van der Waals surface area contributed by atoms with Gasteiger partial charge in [-0.1, -0.05) is 0 Å². The molecule has 0 saturated carbocycles. The van der Waals surface area contributed by atoms with E-state index in [1.165, 1.54) is 0 Å². The van der Waals surface area contributed by atoms with E-state index in [-0.39, 0.29) is 0 Å². The van der Waals surface area contributed by atoms with Gasteiger partial charge in [-0.15, -0.1) is 0 Å².